The molecule has 0 saturated heterocycles. The van der Waals surface area contributed by atoms with Crippen LogP contribution >= 0.6 is 0 Å². The lowest BCUT2D eigenvalue weighted by Gasteiger charge is -2.11. The summed E-state index contributed by atoms with van der Waals surface area (Å²) in [7, 11) is 0. The first-order valence-corrected chi connectivity index (χ1v) is 9.06. The number of carbonyl (C=O) groups is 1. The maximum atomic E-state index is 13.4. The number of benzene rings is 2. The van der Waals surface area contributed by atoms with E-state index < -0.39 is 17.3 Å². The number of hydrogen-bond donors (Lipinski definition) is 1. The average molecular weight is 394 g/mol. The Kier molecular flexibility index (Phi) is 4.41. The van der Waals surface area contributed by atoms with Gasteiger partial charge in [0.15, 0.2) is 5.58 Å². The maximum Gasteiger partial charge on any atom is 0.261 e. The van der Waals surface area contributed by atoms with Crippen LogP contribution in [0.25, 0.3) is 22.0 Å². The highest BCUT2D eigenvalue weighted by Gasteiger charge is 2.21. The zero-order valence-electron chi connectivity index (χ0n) is 16.2. The van der Waals surface area contributed by atoms with E-state index in [2.05, 4.69) is 15.3 Å². The molecule has 1 N–H and O–H groups in total. The second-order valence-electron chi connectivity index (χ2n) is 7.84. The lowest BCUT2D eigenvalue weighted by atomic mass is 9.97. The minimum absolute atomic E-state index is 0.124. The van der Waals surface area contributed by atoms with Crippen molar-refractivity contribution in [1.82, 2.24) is 14.5 Å². The van der Waals surface area contributed by atoms with Gasteiger partial charge in [-0.05, 0) is 36.4 Å². The third kappa shape index (κ3) is 3.73. The maximum absolute atomic E-state index is 13.4. The van der Waals surface area contributed by atoms with Crippen molar-refractivity contribution in [2.45, 2.75) is 32.7 Å². The molecule has 148 valence electrons. The Balaban J connectivity index is 1.56. The van der Waals surface area contributed by atoms with Crippen molar-refractivity contribution < 1.29 is 13.6 Å². The van der Waals surface area contributed by atoms with E-state index in [1.54, 1.807) is 18.2 Å². The number of nitrogens with zero attached hydrogens (tertiary/aromatic N) is 3. The fourth-order valence-electron chi connectivity index (χ4n) is 2.93. The molecule has 2 aromatic heterocycles. The van der Waals surface area contributed by atoms with Gasteiger partial charge in [0.05, 0.1) is 17.2 Å². The molecule has 0 bridgehead atoms. The van der Waals surface area contributed by atoms with Gasteiger partial charge < -0.3 is 9.73 Å². The highest BCUT2D eigenvalue weighted by molar-refractivity contribution is 5.92. The molecule has 8 heteroatoms. The van der Waals surface area contributed by atoms with Crippen molar-refractivity contribution in [3.8, 4) is 0 Å². The van der Waals surface area contributed by atoms with Crippen molar-refractivity contribution in [2.75, 3.05) is 5.32 Å². The zero-order valence-corrected chi connectivity index (χ0v) is 16.2. The van der Waals surface area contributed by atoms with Crippen LogP contribution < -0.4 is 10.9 Å². The molecule has 0 saturated carbocycles. The summed E-state index contributed by atoms with van der Waals surface area (Å²) in [6.45, 7) is 5.76. The predicted molar refractivity (Wildman–Crippen MR) is 107 cm³/mol. The van der Waals surface area contributed by atoms with Crippen LogP contribution in [-0.2, 0) is 16.8 Å². The van der Waals surface area contributed by atoms with E-state index in [1.807, 2.05) is 20.8 Å². The number of amides is 1. The van der Waals surface area contributed by atoms with Gasteiger partial charge >= 0.3 is 0 Å². The van der Waals surface area contributed by atoms with Gasteiger partial charge in [-0.15, -0.1) is 0 Å². The first kappa shape index (κ1) is 18.8. The molecular weight excluding hydrogens is 375 g/mol. The molecule has 4 aromatic rings. The first-order chi connectivity index (χ1) is 13.7. The Bertz CT molecular complexity index is 1300. The number of oxazole rings is 1. The van der Waals surface area contributed by atoms with Gasteiger partial charge in [-0.25, -0.2) is 14.4 Å². The first-order valence-electron chi connectivity index (χ1n) is 9.06. The lowest BCUT2D eigenvalue weighted by Crippen LogP contribution is -2.28. The summed E-state index contributed by atoms with van der Waals surface area (Å²) in [5.41, 5.74) is 1.46. The summed E-state index contributed by atoms with van der Waals surface area (Å²) in [6, 6.07) is 8.92. The van der Waals surface area contributed by atoms with Crippen LogP contribution in [0.5, 0.6) is 0 Å². The van der Waals surface area contributed by atoms with Crippen LogP contribution in [0.3, 0.4) is 0 Å². The minimum atomic E-state index is -0.533. The molecule has 29 heavy (non-hydrogen) atoms. The molecule has 0 radical (unpaired) electrons. The van der Waals surface area contributed by atoms with E-state index in [-0.39, 0.29) is 17.3 Å². The van der Waals surface area contributed by atoms with Crippen molar-refractivity contribution in [3.63, 3.8) is 0 Å². The number of anilines is 1. The summed E-state index contributed by atoms with van der Waals surface area (Å²) in [6.07, 6.45) is 1.28. The summed E-state index contributed by atoms with van der Waals surface area (Å²) in [5, 5.41) is 2.86. The summed E-state index contributed by atoms with van der Waals surface area (Å²) in [4.78, 5) is 33.5. The monoisotopic (exact) mass is 394 g/mol. The van der Waals surface area contributed by atoms with Gasteiger partial charge in [0.25, 0.3) is 5.56 Å². The Labute approximate surface area is 165 Å². The van der Waals surface area contributed by atoms with Gasteiger partial charge in [0.2, 0.25) is 11.8 Å². The number of hydrogen-bond acceptors (Lipinski definition) is 5. The Morgan fingerprint density at radius 2 is 1.97 bits per heavy atom. The predicted octanol–water partition coefficient (Wildman–Crippen LogP) is 3.61. The van der Waals surface area contributed by atoms with E-state index in [1.165, 1.54) is 18.5 Å². The van der Waals surface area contributed by atoms with E-state index in [0.717, 1.165) is 10.6 Å². The Morgan fingerprint density at radius 1 is 1.17 bits per heavy atom. The topological polar surface area (TPSA) is 90.0 Å². The fraction of sp³-hybridized carbons (Fsp3) is 0.238. The molecule has 2 heterocycles. The molecule has 0 spiro atoms. The lowest BCUT2D eigenvalue weighted by molar-refractivity contribution is -0.116. The smallest absolute Gasteiger partial charge is 0.261 e. The van der Waals surface area contributed by atoms with E-state index in [0.29, 0.717) is 28.2 Å². The number of fused-ring (bicyclic) bond motifs is 2. The van der Waals surface area contributed by atoms with Crippen LogP contribution in [0.15, 0.2) is 51.9 Å². The molecule has 0 aliphatic carbocycles. The van der Waals surface area contributed by atoms with Gasteiger partial charge in [0, 0.05) is 11.1 Å². The summed E-state index contributed by atoms with van der Waals surface area (Å²) >= 11 is 0. The molecule has 0 aliphatic heterocycles. The average Bonchev–Trinajstić information content (AvgIpc) is 3.08. The normalized spacial score (nSPS) is 11.9. The Morgan fingerprint density at radius 3 is 2.72 bits per heavy atom. The van der Waals surface area contributed by atoms with Gasteiger partial charge in [-0.1, -0.05) is 20.8 Å². The number of aromatic nitrogens is 3. The third-order valence-corrected chi connectivity index (χ3v) is 4.41. The number of nitrogens with one attached hydrogen (secondary N) is 1. The van der Waals surface area contributed by atoms with Crippen molar-refractivity contribution >= 4 is 33.6 Å². The van der Waals surface area contributed by atoms with Gasteiger partial charge in [-0.2, -0.15) is 0 Å². The van der Waals surface area contributed by atoms with E-state index >= 15 is 0 Å². The molecule has 7 nitrogen and oxygen atoms in total. The molecule has 1 amide bonds. The summed E-state index contributed by atoms with van der Waals surface area (Å²) < 4.78 is 20.3. The van der Waals surface area contributed by atoms with Crippen LogP contribution in [0, 0.1) is 5.82 Å². The van der Waals surface area contributed by atoms with Crippen LogP contribution in [-0.4, -0.2) is 20.4 Å². The third-order valence-electron chi connectivity index (χ3n) is 4.41. The highest BCUT2D eigenvalue weighted by Crippen LogP contribution is 2.27. The van der Waals surface area contributed by atoms with Gasteiger partial charge in [-0.3, -0.25) is 14.2 Å². The Hall–Kier alpha value is -3.55. The van der Waals surface area contributed by atoms with Crippen LogP contribution in [0.4, 0.5) is 10.1 Å². The standard InChI is InChI=1S/C21H19FN4O3/c1-21(2,3)20-25-16-9-13(5-7-17(16)29-20)24-18(27)10-26-11-23-15-6-4-12(22)8-14(15)19(26)28/h4-9,11H,10H2,1-3H3,(H,24,27). The molecule has 4 rings (SSSR count). The second-order valence-corrected chi connectivity index (χ2v) is 7.84. The number of carbonyl (C=O) groups excluding carboxylic acids is 1. The molecular formula is C21H19FN4O3. The minimum Gasteiger partial charge on any atom is -0.440 e. The molecule has 0 fully saturated rings. The highest BCUT2D eigenvalue weighted by atomic mass is 19.1. The molecule has 0 atom stereocenters. The second kappa shape index (κ2) is 6.80. The van der Waals surface area contributed by atoms with Gasteiger partial charge in [0.1, 0.15) is 17.9 Å². The van der Waals surface area contributed by atoms with Crippen molar-refractivity contribution in [3.05, 3.63) is 64.8 Å². The number of halogens is 1. The number of rotatable bonds is 3. The van der Waals surface area contributed by atoms with Crippen LogP contribution in [0.1, 0.15) is 26.7 Å². The largest absolute Gasteiger partial charge is 0.440 e. The van der Waals surface area contributed by atoms with Crippen LogP contribution in [0.2, 0.25) is 0 Å². The van der Waals surface area contributed by atoms with E-state index in [4.69, 9.17) is 4.42 Å². The van der Waals surface area contributed by atoms with Crippen molar-refractivity contribution in [2.24, 2.45) is 0 Å². The fourth-order valence-corrected chi connectivity index (χ4v) is 2.93. The quantitative estimate of drug-likeness (QED) is 0.573. The molecule has 2 aromatic carbocycles. The zero-order chi connectivity index (χ0) is 20.8. The SMILES string of the molecule is CC(C)(C)c1nc2cc(NC(=O)Cn3cnc4ccc(F)cc4c3=O)ccc2o1. The molecule has 0 unspecified atom stereocenters. The summed E-state index contributed by atoms with van der Waals surface area (Å²) in [5.74, 6) is -0.338. The van der Waals surface area contributed by atoms with E-state index in [9.17, 15) is 14.0 Å². The molecule has 0 aliphatic rings. The van der Waals surface area contributed by atoms with Crippen molar-refractivity contribution in [1.29, 1.82) is 0 Å².